The van der Waals surface area contributed by atoms with Crippen molar-refractivity contribution in [1.82, 2.24) is 9.97 Å². The van der Waals surface area contributed by atoms with Crippen molar-refractivity contribution in [2.75, 3.05) is 11.9 Å². The Bertz CT molecular complexity index is 577. The summed E-state index contributed by atoms with van der Waals surface area (Å²) in [4.78, 5) is 8.49. The predicted molar refractivity (Wildman–Crippen MR) is 67.6 cm³/mol. The number of nitriles is 1. The first kappa shape index (κ1) is 11.9. The van der Waals surface area contributed by atoms with E-state index < -0.39 is 0 Å². The molecule has 0 saturated heterocycles. The standard InChI is InChI=1S/C13H12N4O/c1-10-4-2-6-12(16-10)17-13-11(18-9-7-14)5-3-8-15-13/h2-6,8H,9H2,1H3,(H,15,16,17). The summed E-state index contributed by atoms with van der Waals surface area (Å²) in [6.45, 7) is 1.90. The van der Waals surface area contributed by atoms with Crippen molar-refractivity contribution in [2.45, 2.75) is 6.92 Å². The number of pyridine rings is 2. The highest BCUT2D eigenvalue weighted by molar-refractivity contribution is 5.59. The molecule has 0 unspecified atom stereocenters. The zero-order valence-corrected chi connectivity index (χ0v) is 9.92. The number of aryl methyl sites for hydroxylation is 1. The van der Waals surface area contributed by atoms with E-state index >= 15 is 0 Å². The molecule has 0 bridgehead atoms. The normalized spacial score (nSPS) is 9.56. The van der Waals surface area contributed by atoms with Crippen molar-refractivity contribution in [3.8, 4) is 11.8 Å². The summed E-state index contributed by atoms with van der Waals surface area (Å²) in [6, 6.07) is 11.1. The highest BCUT2D eigenvalue weighted by Crippen LogP contribution is 2.23. The third-order valence-corrected chi connectivity index (χ3v) is 2.20. The van der Waals surface area contributed by atoms with Crippen LogP contribution in [0.15, 0.2) is 36.5 Å². The molecule has 90 valence electrons. The third kappa shape index (κ3) is 2.95. The number of hydrogen-bond acceptors (Lipinski definition) is 5. The second-order valence-electron chi connectivity index (χ2n) is 3.59. The van der Waals surface area contributed by atoms with E-state index in [1.165, 1.54) is 0 Å². The van der Waals surface area contributed by atoms with Crippen molar-refractivity contribution in [3.63, 3.8) is 0 Å². The first-order valence-corrected chi connectivity index (χ1v) is 5.45. The molecule has 2 aromatic rings. The van der Waals surface area contributed by atoms with Crippen molar-refractivity contribution in [1.29, 1.82) is 5.26 Å². The van der Waals surface area contributed by atoms with Crippen LogP contribution >= 0.6 is 0 Å². The van der Waals surface area contributed by atoms with Gasteiger partial charge in [-0.15, -0.1) is 0 Å². The van der Waals surface area contributed by atoms with E-state index in [1.54, 1.807) is 18.3 Å². The summed E-state index contributed by atoms with van der Waals surface area (Å²) < 4.78 is 5.27. The zero-order valence-electron chi connectivity index (χ0n) is 9.92. The highest BCUT2D eigenvalue weighted by Gasteiger charge is 2.05. The lowest BCUT2D eigenvalue weighted by Gasteiger charge is -2.09. The SMILES string of the molecule is Cc1cccc(Nc2ncccc2OCC#N)n1. The van der Waals surface area contributed by atoms with Crippen molar-refractivity contribution < 1.29 is 4.74 Å². The maximum Gasteiger partial charge on any atom is 0.174 e. The monoisotopic (exact) mass is 240 g/mol. The van der Waals surface area contributed by atoms with Gasteiger partial charge in [0.2, 0.25) is 0 Å². The van der Waals surface area contributed by atoms with Crippen LogP contribution in [0.3, 0.4) is 0 Å². The van der Waals surface area contributed by atoms with Gasteiger partial charge >= 0.3 is 0 Å². The summed E-state index contributed by atoms with van der Waals surface area (Å²) in [5, 5.41) is 11.6. The number of anilines is 2. The Kier molecular flexibility index (Phi) is 3.72. The first-order valence-electron chi connectivity index (χ1n) is 5.45. The average molecular weight is 240 g/mol. The first-order chi connectivity index (χ1) is 8.79. The molecule has 18 heavy (non-hydrogen) atoms. The van der Waals surface area contributed by atoms with Crippen LogP contribution in [0.25, 0.3) is 0 Å². The molecule has 2 rings (SSSR count). The molecule has 0 aliphatic carbocycles. The minimum atomic E-state index is -0.0123. The molecular formula is C13H12N4O. The maximum absolute atomic E-state index is 8.52. The van der Waals surface area contributed by atoms with Gasteiger partial charge in [0.15, 0.2) is 18.2 Å². The zero-order chi connectivity index (χ0) is 12.8. The van der Waals surface area contributed by atoms with E-state index in [4.69, 9.17) is 10.00 Å². The largest absolute Gasteiger partial charge is 0.475 e. The van der Waals surface area contributed by atoms with E-state index in [0.717, 1.165) is 5.69 Å². The number of nitrogens with one attached hydrogen (secondary N) is 1. The minimum absolute atomic E-state index is 0.0123. The molecule has 0 aromatic carbocycles. The third-order valence-electron chi connectivity index (χ3n) is 2.20. The summed E-state index contributed by atoms with van der Waals surface area (Å²) >= 11 is 0. The molecule has 0 atom stereocenters. The molecule has 5 heteroatoms. The molecule has 0 fully saturated rings. The van der Waals surface area contributed by atoms with E-state index in [9.17, 15) is 0 Å². The quantitative estimate of drug-likeness (QED) is 0.888. The molecule has 2 aromatic heterocycles. The van der Waals surface area contributed by atoms with Gasteiger partial charge < -0.3 is 10.1 Å². The van der Waals surface area contributed by atoms with Gasteiger partial charge in [0.1, 0.15) is 11.9 Å². The van der Waals surface area contributed by atoms with E-state index in [-0.39, 0.29) is 6.61 Å². The fourth-order valence-corrected chi connectivity index (χ4v) is 1.44. The molecule has 0 radical (unpaired) electrons. The molecule has 0 amide bonds. The lowest BCUT2D eigenvalue weighted by Crippen LogP contribution is -2.01. The predicted octanol–water partition coefficient (Wildman–Crippen LogP) is 2.43. The van der Waals surface area contributed by atoms with Crippen LogP contribution in [-0.4, -0.2) is 16.6 Å². The highest BCUT2D eigenvalue weighted by atomic mass is 16.5. The summed E-state index contributed by atoms with van der Waals surface area (Å²) in [6.07, 6.45) is 1.65. The fourth-order valence-electron chi connectivity index (χ4n) is 1.44. The van der Waals surface area contributed by atoms with Crippen LogP contribution < -0.4 is 10.1 Å². The topological polar surface area (TPSA) is 70.8 Å². The fraction of sp³-hybridized carbons (Fsp3) is 0.154. The molecule has 0 aliphatic heterocycles. The van der Waals surface area contributed by atoms with Gasteiger partial charge in [0, 0.05) is 11.9 Å². The molecular weight excluding hydrogens is 228 g/mol. The Hall–Kier alpha value is -2.61. The Balaban J connectivity index is 2.21. The lowest BCUT2D eigenvalue weighted by atomic mass is 10.3. The van der Waals surface area contributed by atoms with Gasteiger partial charge in [-0.25, -0.2) is 9.97 Å². The smallest absolute Gasteiger partial charge is 0.174 e. The van der Waals surface area contributed by atoms with Crippen LogP contribution in [-0.2, 0) is 0 Å². The number of nitrogens with zero attached hydrogens (tertiary/aromatic N) is 3. The number of ether oxygens (including phenoxy) is 1. The van der Waals surface area contributed by atoms with E-state index in [1.807, 2.05) is 31.2 Å². The van der Waals surface area contributed by atoms with Crippen molar-refractivity contribution in [3.05, 3.63) is 42.2 Å². The van der Waals surface area contributed by atoms with Crippen LogP contribution in [0.2, 0.25) is 0 Å². The Labute approximate surface area is 105 Å². The van der Waals surface area contributed by atoms with Crippen LogP contribution in [0.4, 0.5) is 11.6 Å². The Morgan fingerprint density at radius 3 is 3.00 bits per heavy atom. The van der Waals surface area contributed by atoms with Crippen LogP contribution in [0.1, 0.15) is 5.69 Å². The number of hydrogen-bond donors (Lipinski definition) is 1. The van der Waals surface area contributed by atoms with Gasteiger partial charge in [0.05, 0.1) is 0 Å². The van der Waals surface area contributed by atoms with E-state index in [0.29, 0.717) is 17.4 Å². The molecule has 1 N–H and O–H groups in total. The minimum Gasteiger partial charge on any atom is -0.475 e. The Morgan fingerprint density at radius 1 is 1.33 bits per heavy atom. The van der Waals surface area contributed by atoms with Crippen LogP contribution in [0, 0.1) is 18.3 Å². The van der Waals surface area contributed by atoms with Gasteiger partial charge in [-0.3, -0.25) is 0 Å². The van der Waals surface area contributed by atoms with E-state index in [2.05, 4.69) is 15.3 Å². The van der Waals surface area contributed by atoms with Gasteiger partial charge in [-0.05, 0) is 31.2 Å². The molecule has 2 heterocycles. The summed E-state index contributed by atoms with van der Waals surface area (Å²) in [5.74, 6) is 1.77. The number of aromatic nitrogens is 2. The number of rotatable bonds is 4. The summed E-state index contributed by atoms with van der Waals surface area (Å²) in [5.41, 5.74) is 0.912. The van der Waals surface area contributed by atoms with Crippen molar-refractivity contribution >= 4 is 11.6 Å². The molecule has 5 nitrogen and oxygen atoms in total. The second kappa shape index (κ2) is 5.64. The summed E-state index contributed by atoms with van der Waals surface area (Å²) in [7, 11) is 0. The average Bonchev–Trinajstić information content (AvgIpc) is 2.38. The maximum atomic E-state index is 8.52. The molecule has 0 aliphatic rings. The Morgan fingerprint density at radius 2 is 2.22 bits per heavy atom. The lowest BCUT2D eigenvalue weighted by molar-refractivity contribution is 0.368. The van der Waals surface area contributed by atoms with Gasteiger partial charge in [0.25, 0.3) is 0 Å². The van der Waals surface area contributed by atoms with Gasteiger partial charge in [-0.2, -0.15) is 5.26 Å². The van der Waals surface area contributed by atoms with Crippen molar-refractivity contribution in [2.24, 2.45) is 0 Å². The molecule has 0 saturated carbocycles. The molecule has 0 spiro atoms. The van der Waals surface area contributed by atoms with Crippen LogP contribution in [0.5, 0.6) is 5.75 Å². The van der Waals surface area contributed by atoms with Gasteiger partial charge in [-0.1, -0.05) is 6.07 Å². The second-order valence-corrected chi connectivity index (χ2v) is 3.59.